The number of amides is 1. The minimum absolute atomic E-state index is 0.209. The van der Waals surface area contributed by atoms with Crippen LogP contribution < -0.4 is 15.6 Å². The molecule has 0 saturated carbocycles. The topological polar surface area (TPSA) is 73.2 Å². The minimum atomic E-state index is -0.392. The Morgan fingerprint density at radius 2 is 1.78 bits per heavy atom. The highest BCUT2D eigenvalue weighted by atomic mass is 19.1. The number of ether oxygens (including phenoxy) is 1. The lowest BCUT2D eigenvalue weighted by molar-refractivity contribution is -0.122. The van der Waals surface area contributed by atoms with Crippen molar-refractivity contribution in [3.63, 3.8) is 0 Å². The standard InChI is InChI=1S/C20H18FN3O3/c21-16-8-6-15(7-9-16)18-10-11-20(26)24(23-18)14-19(25)22-12-13-27-17-4-2-1-3-5-17/h1-11H,12-14H2,(H,22,25). The second-order valence-corrected chi connectivity index (χ2v) is 5.73. The van der Waals surface area contributed by atoms with Crippen LogP contribution in [0.1, 0.15) is 0 Å². The summed E-state index contributed by atoms with van der Waals surface area (Å²) in [5.74, 6) is 0.0123. The van der Waals surface area contributed by atoms with Gasteiger partial charge in [-0.25, -0.2) is 9.07 Å². The number of carbonyl (C=O) groups is 1. The van der Waals surface area contributed by atoms with Gasteiger partial charge in [-0.1, -0.05) is 18.2 Å². The number of carbonyl (C=O) groups excluding carboxylic acids is 1. The predicted octanol–water partition coefficient (Wildman–Crippen LogP) is 2.24. The van der Waals surface area contributed by atoms with Crippen LogP contribution in [0.5, 0.6) is 5.75 Å². The fourth-order valence-corrected chi connectivity index (χ4v) is 2.40. The molecule has 138 valence electrons. The van der Waals surface area contributed by atoms with Gasteiger partial charge in [0.25, 0.3) is 5.56 Å². The van der Waals surface area contributed by atoms with E-state index in [2.05, 4.69) is 10.4 Å². The van der Waals surface area contributed by atoms with Gasteiger partial charge in [-0.2, -0.15) is 5.10 Å². The highest BCUT2D eigenvalue weighted by molar-refractivity contribution is 5.75. The number of para-hydroxylation sites is 1. The number of nitrogens with one attached hydrogen (secondary N) is 1. The molecule has 3 aromatic rings. The molecule has 1 heterocycles. The summed E-state index contributed by atoms with van der Waals surface area (Å²) in [6, 6.07) is 17.9. The number of hydrogen-bond donors (Lipinski definition) is 1. The molecular weight excluding hydrogens is 349 g/mol. The Balaban J connectivity index is 1.56. The number of halogens is 1. The first-order valence-electron chi connectivity index (χ1n) is 8.40. The molecule has 0 radical (unpaired) electrons. The van der Waals surface area contributed by atoms with E-state index in [9.17, 15) is 14.0 Å². The Labute approximate surface area is 155 Å². The molecule has 0 unspecified atom stereocenters. The molecular formula is C20H18FN3O3. The van der Waals surface area contributed by atoms with Crippen LogP contribution in [0, 0.1) is 5.82 Å². The van der Waals surface area contributed by atoms with Crippen LogP contribution in [0.4, 0.5) is 4.39 Å². The van der Waals surface area contributed by atoms with E-state index >= 15 is 0 Å². The Kier molecular flexibility index (Phi) is 5.94. The number of nitrogens with zero attached hydrogens (tertiary/aromatic N) is 2. The summed E-state index contributed by atoms with van der Waals surface area (Å²) in [5, 5.41) is 6.86. The first kappa shape index (κ1) is 18.3. The molecule has 0 saturated heterocycles. The number of hydrogen-bond acceptors (Lipinski definition) is 4. The van der Waals surface area contributed by atoms with Gasteiger partial charge in [0, 0.05) is 11.6 Å². The van der Waals surface area contributed by atoms with Crippen molar-refractivity contribution < 1.29 is 13.9 Å². The fourth-order valence-electron chi connectivity index (χ4n) is 2.40. The molecule has 7 heteroatoms. The summed E-state index contributed by atoms with van der Waals surface area (Å²) in [6.07, 6.45) is 0. The van der Waals surface area contributed by atoms with Gasteiger partial charge in [0.15, 0.2) is 0 Å². The largest absolute Gasteiger partial charge is 0.492 e. The summed E-state index contributed by atoms with van der Waals surface area (Å²) < 4.78 is 19.6. The normalized spacial score (nSPS) is 10.4. The van der Waals surface area contributed by atoms with E-state index < -0.39 is 5.56 Å². The van der Waals surface area contributed by atoms with E-state index in [1.807, 2.05) is 30.3 Å². The Hall–Kier alpha value is -3.48. The van der Waals surface area contributed by atoms with Crippen LogP contribution in [0.2, 0.25) is 0 Å². The molecule has 27 heavy (non-hydrogen) atoms. The maximum absolute atomic E-state index is 13.0. The third kappa shape index (κ3) is 5.24. The van der Waals surface area contributed by atoms with Crippen LogP contribution in [0.25, 0.3) is 11.3 Å². The molecule has 2 aromatic carbocycles. The summed E-state index contributed by atoms with van der Waals surface area (Å²) in [6.45, 7) is 0.410. The van der Waals surface area contributed by atoms with Gasteiger partial charge < -0.3 is 10.1 Å². The molecule has 0 aliphatic carbocycles. The Morgan fingerprint density at radius 1 is 1.04 bits per heavy atom. The van der Waals surface area contributed by atoms with Gasteiger partial charge in [-0.3, -0.25) is 9.59 Å². The lowest BCUT2D eigenvalue weighted by Crippen LogP contribution is -2.35. The average molecular weight is 367 g/mol. The number of benzene rings is 2. The highest BCUT2D eigenvalue weighted by Gasteiger charge is 2.08. The number of rotatable bonds is 7. The average Bonchev–Trinajstić information content (AvgIpc) is 2.68. The van der Waals surface area contributed by atoms with Gasteiger partial charge in [-0.15, -0.1) is 0 Å². The third-order valence-electron chi connectivity index (χ3n) is 3.74. The van der Waals surface area contributed by atoms with Gasteiger partial charge in [0.2, 0.25) is 5.91 Å². The maximum atomic E-state index is 13.0. The van der Waals surface area contributed by atoms with Gasteiger partial charge in [0.1, 0.15) is 24.7 Å². The van der Waals surface area contributed by atoms with Crippen LogP contribution >= 0.6 is 0 Å². The monoisotopic (exact) mass is 367 g/mol. The number of aromatic nitrogens is 2. The fraction of sp³-hybridized carbons (Fsp3) is 0.150. The van der Waals surface area contributed by atoms with Crippen molar-refractivity contribution in [2.45, 2.75) is 6.54 Å². The molecule has 0 aliphatic rings. The van der Waals surface area contributed by atoms with Crippen LogP contribution in [0.3, 0.4) is 0 Å². The van der Waals surface area contributed by atoms with Crippen molar-refractivity contribution in [3.8, 4) is 17.0 Å². The van der Waals surface area contributed by atoms with E-state index in [4.69, 9.17) is 4.74 Å². The summed E-state index contributed by atoms with van der Waals surface area (Å²) >= 11 is 0. The molecule has 0 bridgehead atoms. The first-order valence-corrected chi connectivity index (χ1v) is 8.40. The Morgan fingerprint density at radius 3 is 2.52 bits per heavy atom. The summed E-state index contributed by atoms with van der Waals surface area (Å²) in [5.41, 5.74) is 0.744. The van der Waals surface area contributed by atoms with Crippen molar-refractivity contribution in [3.05, 3.63) is 82.9 Å². The molecule has 0 atom stereocenters. The zero-order valence-electron chi connectivity index (χ0n) is 14.5. The quantitative estimate of drug-likeness (QED) is 0.650. The van der Waals surface area contributed by atoms with E-state index in [1.165, 1.54) is 24.3 Å². The van der Waals surface area contributed by atoms with E-state index in [1.54, 1.807) is 12.1 Å². The third-order valence-corrected chi connectivity index (χ3v) is 3.74. The molecule has 0 spiro atoms. The molecule has 1 amide bonds. The molecule has 1 N–H and O–H groups in total. The molecule has 6 nitrogen and oxygen atoms in total. The van der Waals surface area contributed by atoms with Crippen molar-refractivity contribution in [1.29, 1.82) is 0 Å². The van der Waals surface area contributed by atoms with E-state index in [0.717, 1.165) is 10.4 Å². The van der Waals surface area contributed by atoms with E-state index in [0.29, 0.717) is 24.4 Å². The second kappa shape index (κ2) is 8.75. The summed E-state index contributed by atoms with van der Waals surface area (Å²) in [7, 11) is 0. The van der Waals surface area contributed by atoms with Crippen LogP contribution in [-0.2, 0) is 11.3 Å². The molecule has 3 rings (SSSR count). The van der Waals surface area contributed by atoms with Crippen molar-refractivity contribution in [2.24, 2.45) is 0 Å². The van der Waals surface area contributed by atoms with Crippen LogP contribution in [-0.4, -0.2) is 28.8 Å². The van der Waals surface area contributed by atoms with Gasteiger partial charge >= 0.3 is 0 Å². The zero-order valence-corrected chi connectivity index (χ0v) is 14.5. The second-order valence-electron chi connectivity index (χ2n) is 5.73. The molecule has 1 aromatic heterocycles. The van der Waals surface area contributed by atoms with Crippen molar-refractivity contribution >= 4 is 5.91 Å². The predicted molar refractivity (Wildman–Crippen MR) is 98.8 cm³/mol. The minimum Gasteiger partial charge on any atom is -0.492 e. The van der Waals surface area contributed by atoms with Crippen molar-refractivity contribution in [1.82, 2.24) is 15.1 Å². The zero-order chi connectivity index (χ0) is 19.1. The smallest absolute Gasteiger partial charge is 0.267 e. The highest BCUT2D eigenvalue weighted by Crippen LogP contribution is 2.15. The summed E-state index contributed by atoms with van der Waals surface area (Å²) in [4.78, 5) is 24.0. The molecule has 0 aliphatic heterocycles. The van der Waals surface area contributed by atoms with E-state index in [-0.39, 0.29) is 18.3 Å². The van der Waals surface area contributed by atoms with Gasteiger partial charge in [-0.05, 0) is 42.5 Å². The SMILES string of the molecule is O=C(Cn1nc(-c2ccc(F)cc2)ccc1=O)NCCOc1ccccc1. The lowest BCUT2D eigenvalue weighted by atomic mass is 10.1. The maximum Gasteiger partial charge on any atom is 0.267 e. The first-order chi connectivity index (χ1) is 13.1. The van der Waals surface area contributed by atoms with Gasteiger partial charge in [0.05, 0.1) is 12.2 Å². The van der Waals surface area contributed by atoms with Crippen molar-refractivity contribution in [2.75, 3.05) is 13.2 Å². The molecule has 0 fully saturated rings. The Bertz CT molecular complexity index is 956. The van der Waals surface area contributed by atoms with Crippen LogP contribution in [0.15, 0.2) is 71.5 Å². The lowest BCUT2D eigenvalue weighted by Gasteiger charge is -2.09.